The van der Waals surface area contributed by atoms with Crippen LogP contribution in [0.15, 0.2) is 72.1 Å². The van der Waals surface area contributed by atoms with Crippen molar-refractivity contribution in [2.75, 3.05) is 51.3 Å². The Morgan fingerprint density at radius 2 is 1.71 bits per heavy atom. The molecular formula is C27H29N3O3S. The molecule has 1 fully saturated rings. The van der Waals surface area contributed by atoms with Crippen LogP contribution >= 0.6 is 11.3 Å². The summed E-state index contributed by atoms with van der Waals surface area (Å²) in [6.45, 7) is 3.77. The van der Waals surface area contributed by atoms with Gasteiger partial charge in [0, 0.05) is 56.0 Å². The Morgan fingerprint density at radius 1 is 0.971 bits per heavy atom. The molecule has 3 aromatic rings. The van der Waals surface area contributed by atoms with Gasteiger partial charge in [-0.1, -0.05) is 42.5 Å². The van der Waals surface area contributed by atoms with Crippen molar-refractivity contribution < 1.29 is 14.3 Å². The predicted molar refractivity (Wildman–Crippen MR) is 134 cm³/mol. The number of piperazine rings is 1. The molecule has 2 atom stereocenters. The minimum Gasteiger partial charge on any atom is -0.383 e. The molecule has 7 heteroatoms. The van der Waals surface area contributed by atoms with E-state index in [1.807, 2.05) is 69.8 Å². The monoisotopic (exact) mass is 475 g/mol. The molecular weight excluding hydrogens is 446 g/mol. The fourth-order valence-corrected chi connectivity index (χ4v) is 5.96. The van der Waals surface area contributed by atoms with Crippen molar-refractivity contribution in [3.8, 4) is 0 Å². The zero-order valence-corrected chi connectivity index (χ0v) is 20.1. The molecule has 0 spiro atoms. The Hall–Kier alpha value is -3.16. The van der Waals surface area contributed by atoms with Crippen LogP contribution in [0.3, 0.4) is 0 Å². The van der Waals surface area contributed by atoms with Gasteiger partial charge >= 0.3 is 0 Å². The van der Waals surface area contributed by atoms with Crippen molar-refractivity contribution in [3.63, 3.8) is 0 Å². The molecule has 5 rings (SSSR count). The molecule has 3 heterocycles. The number of ether oxygens (including phenoxy) is 1. The molecule has 0 saturated carbocycles. The summed E-state index contributed by atoms with van der Waals surface area (Å²) in [6.07, 6.45) is 0. The van der Waals surface area contributed by atoms with Crippen molar-refractivity contribution in [1.29, 1.82) is 0 Å². The summed E-state index contributed by atoms with van der Waals surface area (Å²) in [5.41, 5.74) is 2.63. The highest BCUT2D eigenvalue weighted by Crippen LogP contribution is 2.45. The first kappa shape index (κ1) is 22.6. The van der Waals surface area contributed by atoms with Gasteiger partial charge in [0.05, 0.1) is 18.6 Å². The molecule has 2 aromatic carbocycles. The number of carbonyl (C=O) groups excluding carboxylic acids is 2. The second-order valence-corrected chi connectivity index (χ2v) is 9.64. The number of thiophene rings is 1. The zero-order valence-electron chi connectivity index (χ0n) is 19.3. The number of nitrogens with zero attached hydrogens (tertiary/aromatic N) is 3. The van der Waals surface area contributed by atoms with E-state index < -0.39 is 5.92 Å². The minimum atomic E-state index is -0.437. The van der Waals surface area contributed by atoms with Crippen LogP contribution in [0, 0.1) is 0 Å². The van der Waals surface area contributed by atoms with Crippen LogP contribution in [-0.4, -0.2) is 68.1 Å². The van der Waals surface area contributed by atoms with E-state index in [4.69, 9.17) is 4.74 Å². The molecule has 0 bridgehead atoms. The molecule has 0 N–H and O–H groups in total. The molecule has 2 aliphatic heterocycles. The van der Waals surface area contributed by atoms with Crippen LogP contribution in [-0.2, 0) is 9.53 Å². The molecule has 0 radical (unpaired) electrons. The number of benzene rings is 2. The molecule has 176 valence electrons. The minimum absolute atomic E-state index is 0.0380. The highest BCUT2D eigenvalue weighted by molar-refractivity contribution is 7.10. The maximum Gasteiger partial charge on any atom is 0.254 e. The Balaban J connectivity index is 1.47. The normalized spacial score (nSPS) is 20.4. The molecule has 6 nitrogen and oxygen atoms in total. The third-order valence-corrected chi connectivity index (χ3v) is 7.73. The van der Waals surface area contributed by atoms with Gasteiger partial charge in [-0.05, 0) is 35.2 Å². The third kappa shape index (κ3) is 4.21. The first-order valence-corrected chi connectivity index (χ1v) is 12.6. The van der Waals surface area contributed by atoms with Gasteiger partial charge in [0.15, 0.2) is 0 Å². The van der Waals surface area contributed by atoms with Crippen LogP contribution < -0.4 is 4.90 Å². The number of anilines is 1. The Kier molecular flexibility index (Phi) is 6.65. The number of carbonyl (C=O) groups is 2. The Morgan fingerprint density at radius 3 is 2.41 bits per heavy atom. The number of fused-ring (bicyclic) bond motifs is 1. The fraction of sp³-hybridized carbons (Fsp3) is 0.333. The van der Waals surface area contributed by atoms with Gasteiger partial charge in [-0.25, -0.2) is 0 Å². The Bertz CT molecular complexity index is 1130. The standard InChI is InChI=1S/C27H29N3O3S/c1-33-18-17-30-25(23-12-7-19-34-23)24(21-10-5-6-11-22(21)26(30)31)27(32)29-15-13-28(14-16-29)20-8-3-2-4-9-20/h2-12,19,24-25H,13-18H2,1H3/t24-,25-/m0/s1. The van der Waals surface area contributed by atoms with Crippen LogP contribution in [0.2, 0.25) is 0 Å². The molecule has 0 aliphatic carbocycles. The average Bonchev–Trinajstić information content (AvgIpc) is 3.43. The van der Waals surface area contributed by atoms with Gasteiger partial charge in [0.2, 0.25) is 5.91 Å². The van der Waals surface area contributed by atoms with Crippen molar-refractivity contribution in [2.45, 2.75) is 12.0 Å². The van der Waals surface area contributed by atoms with Gasteiger partial charge in [-0.15, -0.1) is 11.3 Å². The number of hydrogen-bond acceptors (Lipinski definition) is 5. The van der Waals surface area contributed by atoms with Gasteiger partial charge in [0.25, 0.3) is 5.91 Å². The summed E-state index contributed by atoms with van der Waals surface area (Å²) in [6, 6.07) is 21.6. The van der Waals surface area contributed by atoms with Gasteiger partial charge in [0.1, 0.15) is 0 Å². The topological polar surface area (TPSA) is 53.1 Å². The van der Waals surface area contributed by atoms with E-state index in [0.29, 0.717) is 31.8 Å². The van der Waals surface area contributed by atoms with E-state index in [1.54, 1.807) is 18.4 Å². The van der Waals surface area contributed by atoms with E-state index in [-0.39, 0.29) is 17.9 Å². The first-order chi connectivity index (χ1) is 16.7. The number of amides is 2. The van der Waals surface area contributed by atoms with E-state index in [9.17, 15) is 9.59 Å². The molecule has 1 saturated heterocycles. The van der Waals surface area contributed by atoms with Crippen molar-refractivity contribution >= 4 is 28.8 Å². The maximum atomic E-state index is 14.1. The smallest absolute Gasteiger partial charge is 0.254 e. The second kappa shape index (κ2) is 9.99. The second-order valence-electron chi connectivity index (χ2n) is 8.66. The number of para-hydroxylation sites is 1. The quantitative estimate of drug-likeness (QED) is 0.540. The van der Waals surface area contributed by atoms with Crippen LogP contribution in [0.5, 0.6) is 0 Å². The van der Waals surface area contributed by atoms with Gasteiger partial charge < -0.3 is 19.4 Å². The number of hydrogen-bond donors (Lipinski definition) is 0. The molecule has 34 heavy (non-hydrogen) atoms. The maximum absolute atomic E-state index is 14.1. The largest absolute Gasteiger partial charge is 0.383 e. The van der Waals surface area contributed by atoms with Crippen molar-refractivity contribution in [1.82, 2.24) is 9.80 Å². The van der Waals surface area contributed by atoms with Crippen LogP contribution in [0.25, 0.3) is 0 Å². The van der Waals surface area contributed by atoms with E-state index in [1.165, 1.54) is 5.69 Å². The molecule has 2 amide bonds. The van der Waals surface area contributed by atoms with Crippen molar-refractivity contribution in [3.05, 3.63) is 88.1 Å². The van der Waals surface area contributed by atoms with Gasteiger partial charge in [-0.3, -0.25) is 9.59 Å². The summed E-state index contributed by atoms with van der Waals surface area (Å²) < 4.78 is 5.32. The lowest BCUT2D eigenvalue weighted by Crippen LogP contribution is -2.53. The van der Waals surface area contributed by atoms with E-state index >= 15 is 0 Å². The fourth-order valence-electron chi connectivity index (χ4n) is 5.09. The van der Waals surface area contributed by atoms with Crippen molar-refractivity contribution in [2.24, 2.45) is 0 Å². The SMILES string of the molecule is COCCN1C(=O)c2ccccc2[C@H](C(=O)N2CCN(c3ccccc3)CC2)[C@@H]1c1cccs1. The third-order valence-electron chi connectivity index (χ3n) is 6.79. The predicted octanol–water partition coefficient (Wildman–Crippen LogP) is 4.02. The molecule has 0 unspecified atom stereocenters. The van der Waals surface area contributed by atoms with Crippen LogP contribution in [0.4, 0.5) is 5.69 Å². The highest BCUT2D eigenvalue weighted by Gasteiger charge is 2.46. The molecule has 2 aliphatic rings. The number of rotatable bonds is 6. The first-order valence-electron chi connectivity index (χ1n) is 11.7. The lowest BCUT2D eigenvalue weighted by atomic mass is 9.81. The van der Waals surface area contributed by atoms with E-state index in [0.717, 1.165) is 23.5 Å². The summed E-state index contributed by atoms with van der Waals surface area (Å²) in [5.74, 6) is -0.384. The molecule has 1 aromatic heterocycles. The van der Waals surface area contributed by atoms with E-state index in [2.05, 4.69) is 17.0 Å². The Labute approximate surface area is 204 Å². The summed E-state index contributed by atoms with van der Waals surface area (Å²) in [7, 11) is 1.64. The van der Waals surface area contributed by atoms with Gasteiger partial charge in [-0.2, -0.15) is 0 Å². The number of methoxy groups -OCH3 is 1. The summed E-state index contributed by atoms with van der Waals surface area (Å²) >= 11 is 1.60. The highest BCUT2D eigenvalue weighted by atomic mass is 32.1. The summed E-state index contributed by atoms with van der Waals surface area (Å²) in [4.78, 5) is 34.8. The lowest BCUT2D eigenvalue weighted by Gasteiger charge is -2.44. The summed E-state index contributed by atoms with van der Waals surface area (Å²) in [5, 5.41) is 2.01. The van der Waals surface area contributed by atoms with Crippen LogP contribution in [0.1, 0.15) is 32.8 Å². The lowest BCUT2D eigenvalue weighted by molar-refractivity contribution is -0.135. The zero-order chi connectivity index (χ0) is 23.5. The average molecular weight is 476 g/mol.